The van der Waals surface area contributed by atoms with Crippen LogP contribution in [0.25, 0.3) is 11.8 Å². The highest BCUT2D eigenvalue weighted by molar-refractivity contribution is 9.10. The number of hydrogen-bond donors (Lipinski definition) is 2. The van der Waals surface area contributed by atoms with Gasteiger partial charge in [-0.2, -0.15) is 5.26 Å². The molecule has 2 N–H and O–H groups in total. The van der Waals surface area contributed by atoms with Crippen molar-refractivity contribution in [3.8, 4) is 11.8 Å². The number of aromatic nitrogens is 1. The number of amides is 1. The van der Waals surface area contributed by atoms with Crippen LogP contribution in [0.4, 0.5) is 5.69 Å². The van der Waals surface area contributed by atoms with E-state index in [-0.39, 0.29) is 11.1 Å². The van der Waals surface area contributed by atoms with E-state index < -0.39 is 11.9 Å². The Morgan fingerprint density at radius 3 is 2.47 bits per heavy atom. The Morgan fingerprint density at radius 2 is 1.83 bits per heavy atom. The molecule has 0 radical (unpaired) electrons. The van der Waals surface area contributed by atoms with E-state index in [2.05, 4.69) is 21.2 Å². The maximum atomic E-state index is 12.6. The van der Waals surface area contributed by atoms with E-state index >= 15 is 0 Å². The number of carbonyl (C=O) groups excluding carboxylic acids is 1. The number of anilines is 1. The summed E-state index contributed by atoms with van der Waals surface area (Å²) in [6.45, 7) is 3.88. The summed E-state index contributed by atoms with van der Waals surface area (Å²) in [6, 6.07) is 17.6. The predicted octanol–water partition coefficient (Wildman–Crippen LogP) is 5.10. The van der Waals surface area contributed by atoms with E-state index in [9.17, 15) is 14.9 Å². The van der Waals surface area contributed by atoms with Gasteiger partial charge in [-0.15, -0.1) is 0 Å². The van der Waals surface area contributed by atoms with Crippen LogP contribution in [0, 0.1) is 25.2 Å². The molecule has 0 bridgehead atoms. The molecule has 30 heavy (non-hydrogen) atoms. The molecule has 1 heterocycles. The molecule has 150 valence electrons. The highest BCUT2D eigenvalue weighted by Gasteiger charge is 2.14. The largest absolute Gasteiger partial charge is 0.478 e. The Labute approximate surface area is 182 Å². The molecule has 0 fully saturated rings. The van der Waals surface area contributed by atoms with Crippen molar-refractivity contribution in [3.05, 3.63) is 87.2 Å². The molecule has 7 heteroatoms. The summed E-state index contributed by atoms with van der Waals surface area (Å²) in [5.74, 6) is -1.70. The van der Waals surface area contributed by atoms with Gasteiger partial charge in [0, 0.05) is 27.2 Å². The molecule has 1 aromatic heterocycles. The van der Waals surface area contributed by atoms with Crippen LogP contribution in [-0.4, -0.2) is 21.6 Å². The topological polar surface area (TPSA) is 95.1 Å². The first-order valence-corrected chi connectivity index (χ1v) is 9.81. The summed E-state index contributed by atoms with van der Waals surface area (Å²) in [4.78, 5) is 23.7. The number of halogens is 1. The number of hydrogen-bond acceptors (Lipinski definition) is 3. The number of benzene rings is 2. The lowest BCUT2D eigenvalue weighted by Crippen LogP contribution is -2.14. The minimum Gasteiger partial charge on any atom is -0.478 e. The average molecular weight is 464 g/mol. The number of nitrogens with one attached hydrogen (secondary N) is 1. The van der Waals surface area contributed by atoms with E-state index in [1.165, 1.54) is 24.3 Å². The number of nitriles is 1. The quantitative estimate of drug-likeness (QED) is 0.406. The van der Waals surface area contributed by atoms with Crippen molar-refractivity contribution < 1.29 is 14.7 Å². The lowest BCUT2D eigenvalue weighted by atomic mass is 10.1. The summed E-state index contributed by atoms with van der Waals surface area (Å²) in [5.41, 5.74) is 3.86. The third-order valence-corrected chi connectivity index (χ3v) is 5.12. The van der Waals surface area contributed by atoms with Gasteiger partial charge < -0.3 is 15.0 Å². The molecule has 1 amide bonds. The molecular formula is C23H18BrN3O3. The normalized spacial score (nSPS) is 11.1. The van der Waals surface area contributed by atoms with Crippen molar-refractivity contribution in [3.63, 3.8) is 0 Å². The van der Waals surface area contributed by atoms with Crippen molar-refractivity contribution in [1.82, 2.24) is 4.57 Å². The van der Waals surface area contributed by atoms with Gasteiger partial charge in [0.05, 0.1) is 5.56 Å². The molecule has 2 aromatic carbocycles. The number of carboxylic acid groups (broad SMARTS) is 1. The maximum Gasteiger partial charge on any atom is 0.335 e. The number of nitrogens with zero attached hydrogens (tertiary/aromatic N) is 2. The monoisotopic (exact) mass is 463 g/mol. The zero-order chi connectivity index (χ0) is 21.8. The van der Waals surface area contributed by atoms with E-state index in [4.69, 9.17) is 5.11 Å². The minimum absolute atomic E-state index is 0.0494. The van der Waals surface area contributed by atoms with Gasteiger partial charge in [-0.1, -0.05) is 22.0 Å². The van der Waals surface area contributed by atoms with Gasteiger partial charge in [-0.3, -0.25) is 4.79 Å². The number of aryl methyl sites for hydroxylation is 1. The second kappa shape index (κ2) is 8.80. The number of carbonyl (C=O) groups is 2. The number of rotatable bonds is 5. The second-order valence-electron chi connectivity index (χ2n) is 6.65. The summed E-state index contributed by atoms with van der Waals surface area (Å²) < 4.78 is 3.02. The molecule has 0 aliphatic carbocycles. The van der Waals surface area contributed by atoms with E-state index in [1.807, 2.05) is 54.8 Å². The first-order valence-electron chi connectivity index (χ1n) is 9.01. The molecular weight excluding hydrogens is 446 g/mol. The van der Waals surface area contributed by atoms with Gasteiger partial charge in [0.25, 0.3) is 5.91 Å². The van der Waals surface area contributed by atoms with Gasteiger partial charge in [0.15, 0.2) is 0 Å². The van der Waals surface area contributed by atoms with Gasteiger partial charge in [0.1, 0.15) is 11.6 Å². The van der Waals surface area contributed by atoms with E-state index in [0.29, 0.717) is 5.69 Å². The Hall–Kier alpha value is -3.63. The fraction of sp³-hybridized carbons (Fsp3) is 0.0870. The molecule has 0 atom stereocenters. The summed E-state index contributed by atoms with van der Waals surface area (Å²) in [7, 11) is 0. The first-order chi connectivity index (χ1) is 14.3. The molecule has 6 nitrogen and oxygen atoms in total. The van der Waals surface area contributed by atoms with Crippen LogP contribution < -0.4 is 5.32 Å². The molecule has 3 rings (SSSR count). The number of aromatic carboxylic acids is 1. The zero-order valence-corrected chi connectivity index (χ0v) is 17.9. The Kier molecular flexibility index (Phi) is 6.19. The van der Waals surface area contributed by atoms with Crippen molar-refractivity contribution in [1.29, 1.82) is 5.26 Å². The van der Waals surface area contributed by atoms with Crippen molar-refractivity contribution >= 4 is 39.6 Å². The van der Waals surface area contributed by atoms with Gasteiger partial charge in [-0.05, 0) is 74.0 Å². The second-order valence-corrected chi connectivity index (χ2v) is 7.56. The lowest BCUT2D eigenvalue weighted by Gasteiger charge is -2.10. The Bertz CT molecular complexity index is 1200. The van der Waals surface area contributed by atoms with E-state index in [0.717, 1.165) is 27.1 Å². The zero-order valence-electron chi connectivity index (χ0n) is 16.3. The Balaban J connectivity index is 1.91. The van der Waals surface area contributed by atoms with Crippen LogP contribution in [0.3, 0.4) is 0 Å². The summed E-state index contributed by atoms with van der Waals surface area (Å²) >= 11 is 3.43. The maximum absolute atomic E-state index is 12.6. The van der Waals surface area contributed by atoms with Crippen molar-refractivity contribution in [2.75, 3.05) is 5.32 Å². The van der Waals surface area contributed by atoms with Crippen molar-refractivity contribution in [2.45, 2.75) is 13.8 Å². The highest BCUT2D eigenvalue weighted by atomic mass is 79.9. The van der Waals surface area contributed by atoms with Crippen LogP contribution >= 0.6 is 15.9 Å². The summed E-state index contributed by atoms with van der Waals surface area (Å²) in [6.07, 6.45) is 1.54. The van der Waals surface area contributed by atoms with Crippen LogP contribution in [0.1, 0.15) is 27.3 Å². The molecule has 3 aromatic rings. The first kappa shape index (κ1) is 21.1. The van der Waals surface area contributed by atoms with Gasteiger partial charge in [-0.25, -0.2) is 4.79 Å². The highest BCUT2D eigenvalue weighted by Crippen LogP contribution is 2.24. The fourth-order valence-corrected chi connectivity index (χ4v) is 3.42. The third-order valence-electron chi connectivity index (χ3n) is 4.59. The molecule has 0 spiro atoms. The summed E-state index contributed by atoms with van der Waals surface area (Å²) in [5, 5.41) is 21.2. The SMILES string of the molecule is Cc1cc(/C=C(\C#N)C(=O)Nc2cccc(C(=O)O)c2)c(C)n1-c1ccc(Br)cc1. The molecule has 0 unspecified atom stereocenters. The minimum atomic E-state index is -1.09. The molecule has 0 aliphatic rings. The van der Waals surface area contributed by atoms with Gasteiger partial charge in [0.2, 0.25) is 0 Å². The molecule has 0 aliphatic heterocycles. The number of carboxylic acids is 1. The lowest BCUT2D eigenvalue weighted by molar-refractivity contribution is -0.112. The van der Waals surface area contributed by atoms with E-state index in [1.54, 1.807) is 6.07 Å². The van der Waals surface area contributed by atoms with Gasteiger partial charge >= 0.3 is 5.97 Å². The van der Waals surface area contributed by atoms with Crippen molar-refractivity contribution in [2.24, 2.45) is 0 Å². The standard InChI is InChI=1S/C23H18BrN3O3/c1-14-10-17(15(2)27(14)21-8-6-19(24)7-9-21)11-18(13-25)22(28)26-20-5-3-4-16(12-20)23(29)30/h3-12H,1-2H3,(H,26,28)(H,29,30)/b18-11+. The van der Waals surface area contributed by atoms with Crippen LogP contribution in [0.2, 0.25) is 0 Å². The molecule has 0 saturated heterocycles. The third kappa shape index (κ3) is 4.50. The predicted molar refractivity (Wildman–Crippen MR) is 119 cm³/mol. The smallest absolute Gasteiger partial charge is 0.335 e. The average Bonchev–Trinajstić information content (AvgIpc) is 3.00. The molecule has 0 saturated carbocycles. The fourth-order valence-electron chi connectivity index (χ4n) is 3.15. The van der Waals surface area contributed by atoms with Crippen LogP contribution in [0.5, 0.6) is 0 Å². The van der Waals surface area contributed by atoms with Crippen LogP contribution in [0.15, 0.2) is 64.6 Å². The van der Waals surface area contributed by atoms with Crippen LogP contribution in [-0.2, 0) is 4.79 Å². The Morgan fingerprint density at radius 1 is 1.13 bits per heavy atom.